The minimum absolute atomic E-state index is 0.00839. The van der Waals surface area contributed by atoms with Crippen molar-refractivity contribution in [3.8, 4) is 5.75 Å². The third-order valence-corrected chi connectivity index (χ3v) is 2.72. The van der Waals surface area contributed by atoms with Gasteiger partial charge in [0.15, 0.2) is 12.1 Å². The zero-order valence-electron chi connectivity index (χ0n) is 10.6. The molecule has 0 spiro atoms. The van der Waals surface area contributed by atoms with E-state index < -0.39 is 5.97 Å². The summed E-state index contributed by atoms with van der Waals surface area (Å²) in [5.74, 6) is 0.175. The summed E-state index contributed by atoms with van der Waals surface area (Å²) in [6.07, 6.45) is 2.37. The Morgan fingerprint density at radius 3 is 2.68 bits per heavy atom. The number of carboxylic acids is 1. The average molecular weight is 261 g/mol. The fourth-order valence-electron chi connectivity index (χ4n) is 1.80. The van der Waals surface area contributed by atoms with Gasteiger partial charge >= 0.3 is 5.97 Å². The molecular weight excluding hydrogens is 246 g/mol. The third kappa shape index (κ3) is 3.34. The molecule has 2 aromatic rings. The van der Waals surface area contributed by atoms with Crippen LogP contribution in [0.1, 0.15) is 28.7 Å². The van der Waals surface area contributed by atoms with Crippen LogP contribution < -0.4 is 4.74 Å². The van der Waals surface area contributed by atoms with Crippen molar-refractivity contribution in [2.45, 2.75) is 19.8 Å². The van der Waals surface area contributed by atoms with Gasteiger partial charge in [0.2, 0.25) is 0 Å². The molecule has 2 rings (SSSR count). The molecule has 1 aromatic heterocycles. The van der Waals surface area contributed by atoms with Crippen LogP contribution >= 0.6 is 0 Å². The largest absolute Gasteiger partial charge is 0.494 e. The van der Waals surface area contributed by atoms with Gasteiger partial charge in [0.05, 0.1) is 6.61 Å². The number of carboxylic acid groups (broad SMARTS) is 1. The van der Waals surface area contributed by atoms with Gasteiger partial charge in [0.1, 0.15) is 11.5 Å². The van der Waals surface area contributed by atoms with E-state index >= 15 is 0 Å². The van der Waals surface area contributed by atoms with Gasteiger partial charge < -0.3 is 14.3 Å². The third-order valence-electron chi connectivity index (χ3n) is 2.72. The van der Waals surface area contributed by atoms with Crippen molar-refractivity contribution in [2.24, 2.45) is 0 Å². The molecule has 100 valence electrons. The Morgan fingerprint density at radius 1 is 1.32 bits per heavy atom. The molecule has 1 aromatic carbocycles. The molecular formula is C14H15NO4. The first-order valence-electron chi connectivity index (χ1n) is 6.08. The van der Waals surface area contributed by atoms with Gasteiger partial charge in [-0.05, 0) is 31.0 Å². The van der Waals surface area contributed by atoms with Gasteiger partial charge in [-0.3, -0.25) is 0 Å². The summed E-state index contributed by atoms with van der Waals surface area (Å²) in [5.41, 5.74) is 1.09. The highest BCUT2D eigenvalue weighted by Crippen LogP contribution is 2.15. The number of oxazole rings is 1. The number of aromatic nitrogens is 1. The fourth-order valence-corrected chi connectivity index (χ4v) is 1.80. The van der Waals surface area contributed by atoms with Crippen LogP contribution in [-0.2, 0) is 12.8 Å². The van der Waals surface area contributed by atoms with Crippen molar-refractivity contribution in [1.82, 2.24) is 4.98 Å². The lowest BCUT2D eigenvalue weighted by Gasteiger charge is -2.04. The van der Waals surface area contributed by atoms with Crippen molar-refractivity contribution in [1.29, 1.82) is 0 Å². The molecule has 0 aliphatic rings. The Kier molecular flexibility index (Phi) is 4.18. The van der Waals surface area contributed by atoms with Gasteiger partial charge in [-0.2, -0.15) is 0 Å². The second-order valence-corrected chi connectivity index (χ2v) is 4.01. The number of rotatable bonds is 6. The topological polar surface area (TPSA) is 72.6 Å². The number of nitrogens with zero attached hydrogens (tertiary/aromatic N) is 1. The summed E-state index contributed by atoms with van der Waals surface area (Å²) < 4.78 is 10.4. The Balaban J connectivity index is 1.98. The number of aryl methyl sites for hydroxylation is 2. The van der Waals surface area contributed by atoms with Crippen molar-refractivity contribution < 1.29 is 19.1 Å². The maximum Gasteiger partial charge on any atom is 0.358 e. The minimum Gasteiger partial charge on any atom is -0.494 e. The van der Waals surface area contributed by atoms with E-state index in [0.717, 1.165) is 17.7 Å². The fraction of sp³-hybridized carbons (Fsp3) is 0.286. The van der Waals surface area contributed by atoms with Crippen LogP contribution in [0.3, 0.4) is 0 Å². The molecule has 0 atom stereocenters. The lowest BCUT2D eigenvalue weighted by atomic mass is 10.1. The van der Waals surface area contributed by atoms with Crippen molar-refractivity contribution in [3.05, 3.63) is 47.7 Å². The molecule has 5 heteroatoms. The van der Waals surface area contributed by atoms with E-state index in [1.165, 1.54) is 0 Å². The van der Waals surface area contributed by atoms with Crippen molar-refractivity contribution >= 4 is 5.97 Å². The van der Waals surface area contributed by atoms with Gasteiger partial charge in [0, 0.05) is 6.42 Å². The molecule has 1 N–H and O–H groups in total. The minimum atomic E-state index is -1.06. The summed E-state index contributed by atoms with van der Waals surface area (Å²) in [4.78, 5) is 14.6. The Hall–Kier alpha value is -2.30. The average Bonchev–Trinajstić information content (AvgIpc) is 2.87. The number of ether oxygens (including phenoxy) is 1. The molecule has 0 aliphatic carbocycles. The summed E-state index contributed by atoms with van der Waals surface area (Å²) in [5, 5.41) is 8.91. The molecule has 0 unspecified atom stereocenters. The Morgan fingerprint density at radius 2 is 2.05 bits per heavy atom. The number of aromatic carboxylic acids is 1. The normalized spacial score (nSPS) is 10.4. The van der Waals surface area contributed by atoms with E-state index in [-0.39, 0.29) is 5.69 Å². The second kappa shape index (κ2) is 6.04. The predicted octanol–water partition coefficient (Wildman–Crippen LogP) is 2.56. The van der Waals surface area contributed by atoms with E-state index in [4.69, 9.17) is 14.3 Å². The maximum atomic E-state index is 10.9. The lowest BCUT2D eigenvalue weighted by Crippen LogP contribution is -2.02. The van der Waals surface area contributed by atoms with E-state index in [9.17, 15) is 4.79 Å². The van der Waals surface area contributed by atoms with Crippen LogP contribution in [0.25, 0.3) is 0 Å². The second-order valence-electron chi connectivity index (χ2n) is 4.01. The summed E-state index contributed by atoms with van der Waals surface area (Å²) in [6.45, 7) is 2.57. The van der Waals surface area contributed by atoms with Crippen molar-refractivity contribution in [3.63, 3.8) is 0 Å². The van der Waals surface area contributed by atoms with Crippen LogP contribution in [0.5, 0.6) is 5.75 Å². The number of hydrogen-bond acceptors (Lipinski definition) is 4. The van der Waals surface area contributed by atoms with E-state index in [1.807, 2.05) is 31.2 Å². The van der Waals surface area contributed by atoms with E-state index in [1.54, 1.807) is 0 Å². The van der Waals surface area contributed by atoms with Crippen LogP contribution in [0.2, 0.25) is 0 Å². The summed E-state index contributed by atoms with van der Waals surface area (Å²) in [6, 6.07) is 7.72. The van der Waals surface area contributed by atoms with Crippen LogP contribution in [0.4, 0.5) is 0 Å². The van der Waals surface area contributed by atoms with Crippen LogP contribution in [0, 0.1) is 0 Å². The van der Waals surface area contributed by atoms with Gasteiger partial charge in [-0.15, -0.1) is 0 Å². The van der Waals surface area contributed by atoms with Crippen LogP contribution in [0.15, 0.2) is 35.1 Å². The Labute approximate surface area is 110 Å². The highest BCUT2D eigenvalue weighted by Gasteiger charge is 2.14. The quantitative estimate of drug-likeness (QED) is 0.865. The number of hydrogen-bond donors (Lipinski definition) is 1. The molecule has 1 heterocycles. The summed E-state index contributed by atoms with van der Waals surface area (Å²) in [7, 11) is 0. The van der Waals surface area contributed by atoms with Gasteiger partial charge in [0.25, 0.3) is 0 Å². The molecule has 0 amide bonds. The van der Waals surface area contributed by atoms with E-state index in [0.29, 0.717) is 25.2 Å². The molecule has 19 heavy (non-hydrogen) atoms. The SMILES string of the molecule is CCOc1ccc(CCc2ocnc2C(=O)O)cc1. The maximum absolute atomic E-state index is 10.9. The van der Waals surface area contributed by atoms with Crippen molar-refractivity contribution in [2.75, 3.05) is 6.61 Å². The molecule has 0 radical (unpaired) electrons. The van der Waals surface area contributed by atoms with Gasteiger partial charge in [-0.25, -0.2) is 9.78 Å². The standard InChI is InChI=1S/C14H15NO4/c1-2-18-11-6-3-10(4-7-11)5-8-12-13(14(16)17)15-9-19-12/h3-4,6-7,9H,2,5,8H2,1H3,(H,16,17). The zero-order valence-corrected chi connectivity index (χ0v) is 10.6. The number of carbonyl (C=O) groups is 1. The predicted molar refractivity (Wildman–Crippen MR) is 68.5 cm³/mol. The number of benzene rings is 1. The zero-order chi connectivity index (χ0) is 13.7. The highest BCUT2D eigenvalue weighted by molar-refractivity contribution is 5.86. The highest BCUT2D eigenvalue weighted by atomic mass is 16.5. The molecule has 0 aliphatic heterocycles. The van der Waals surface area contributed by atoms with E-state index in [2.05, 4.69) is 4.98 Å². The summed E-state index contributed by atoms with van der Waals surface area (Å²) >= 11 is 0. The Bertz CT molecular complexity index is 545. The molecule has 0 bridgehead atoms. The lowest BCUT2D eigenvalue weighted by molar-refractivity contribution is 0.0689. The molecule has 5 nitrogen and oxygen atoms in total. The first kappa shape index (κ1) is 13.1. The van der Waals surface area contributed by atoms with Gasteiger partial charge in [-0.1, -0.05) is 12.1 Å². The molecule has 0 saturated heterocycles. The monoisotopic (exact) mass is 261 g/mol. The smallest absolute Gasteiger partial charge is 0.358 e. The first-order valence-corrected chi connectivity index (χ1v) is 6.08. The first-order chi connectivity index (χ1) is 9.20. The molecule has 0 fully saturated rings. The van der Waals surface area contributed by atoms with Crippen LogP contribution in [-0.4, -0.2) is 22.7 Å². The molecule has 0 saturated carbocycles.